The van der Waals surface area contributed by atoms with Gasteiger partial charge in [-0.05, 0) is 47.0 Å². The van der Waals surface area contributed by atoms with Crippen LogP contribution >= 0.6 is 15.9 Å². The molecule has 1 aliphatic rings. The van der Waals surface area contributed by atoms with Crippen LogP contribution in [0, 0.1) is 5.82 Å². The largest absolute Gasteiger partial charge is 0.349 e. The van der Waals surface area contributed by atoms with E-state index in [1.807, 2.05) is 0 Å². The van der Waals surface area contributed by atoms with Crippen LogP contribution in [0.5, 0.6) is 0 Å². The topological polar surface area (TPSA) is 66.5 Å². The maximum Gasteiger partial charge on any atom is 0.252 e. The summed E-state index contributed by atoms with van der Waals surface area (Å²) in [6.07, 6.45) is 2.32. The van der Waals surface area contributed by atoms with Gasteiger partial charge in [0.05, 0.1) is 11.8 Å². The van der Waals surface area contributed by atoms with Crippen LogP contribution in [0.2, 0.25) is 0 Å². The lowest BCUT2D eigenvalue weighted by Crippen LogP contribution is -2.46. The second kappa shape index (κ2) is 6.41. The highest BCUT2D eigenvalue weighted by Gasteiger charge is 2.26. The molecule has 1 amide bonds. The molecule has 116 valence electrons. The van der Waals surface area contributed by atoms with Crippen LogP contribution in [0.15, 0.2) is 22.7 Å². The highest BCUT2D eigenvalue weighted by Crippen LogP contribution is 2.19. The lowest BCUT2D eigenvalue weighted by molar-refractivity contribution is 0.0923. The molecule has 1 saturated heterocycles. The minimum atomic E-state index is -3.17. The average Bonchev–Trinajstić information content (AvgIpc) is 2.38. The summed E-state index contributed by atoms with van der Waals surface area (Å²) in [5.74, 6) is -0.709. The number of carbonyl (C=O) groups excluding carboxylic acids is 1. The Balaban J connectivity index is 1.96. The second-order valence-electron chi connectivity index (χ2n) is 5.03. The zero-order valence-electron chi connectivity index (χ0n) is 11.5. The van der Waals surface area contributed by atoms with Gasteiger partial charge >= 0.3 is 0 Å². The van der Waals surface area contributed by atoms with Gasteiger partial charge in [0.1, 0.15) is 5.82 Å². The third kappa shape index (κ3) is 4.24. The average molecular weight is 379 g/mol. The summed E-state index contributed by atoms with van der Waals surface area (Å²) in [4.78, 5) is 12.1. The summed E-state index contributed by atoms with van der Waals surface area (Å²) in [5, 5.41) is 2.85. The molecule has 0 radical (unpaired) electrons. The number of nitrogens with one attached hydrogen (secondary N) is 1. The van der Waals surface area contributed by atoms with Crippen molar-refractivity contribution in [3.8, 4) is 0 Å². The first-order valence-corrected chi connectivity index (χ1v) is 9.12. The van der Waals surface area contributed by atoms with Gasteiger partial charge in [0.15, 0.2) is 0 Å². The Hall–Kier alpha value is -0.990. The predicted molar refractivity (Wildman–Crippen MR) is 81.0 cm³/mol. The summed E-state index contributed by atoms with van der Waals surface area (Å²) >= 11 is 3.16. The van der Waals surface area contributed by atoms with Crippen LogP contribution in [0.25, 0.3) is 0 Å². The number of halogens is 2. The molecule has 0 aromatic heterocycles. The van der Waals surface area contributed by atoms with Crippen molar-refractivity contribution in [3.63, 3.8) is 0 Å². The first kappa shape index (κ1) is 16.4. The normalized spacial score (nSPS) is 17.7. The van der Waals surface area contributed by atoms with E-state index in [0.29, 0.717) is 36.0 Å². The number of amides is 1. The molecule has 1 heterocycles. The minimum absolute atomic E-state index is 0.0764. The van der Waals surface area contributed by atoms with Crippen molar-refractivity contribution < 1.29 is 17.6 Å². The molecule has 5 nitrogen and oxygen atoms in total. The molecular weight excluding hydrogens is 363 g/mol. The van der Waals surface area contributed by atoms with E-state index in [2.05, 4.69) is 21.2 Å². The Labute approximate surface area is 131 Å². The molecule has 0 saturated carbocycles. The van der Waals surface area contributed by atoms with Crippen molar-refractivity contribution in [2.45, 2.75) is 18.9 Å². The maximum absolute atomic E-state index is 13.0. The number of nitrogens with zero attached hydrogens (tertiary/aromatic N) is 1. The minimum Gasteiger partial charge on any atom is -0.349 e. The van der Waals surface area contributed by atoms with Gasteiger partial charge in [0, 0.05) is 23.6 Å². The molecular formula is C13H16BrFN2O3S. The van der Waals surface area contributed by atoms with Crippen LogP contribution in [-0.4, -0.2) is 44.0 Å². The van der Waals surface area contributed by atoms with Gasteiger partial charge in [-0.25, -0.2) is 17.1 Å². The first-order valence-electron chi connectivity index (χ1n) is 6.48. The number of hydrogen-bond donors (Lipinski definition) is 1. The Bertz CT molecular complexity index is 643. The number of sulfonamides is 1. The summed E-state index contributed by atoms with van der Waals surface area (Å²) in [7, 11) is -3.17. The fourth-order valence-corrected chi connectivity index (χ4v) is 3.67. The van der Waals surface area contributed by atoms with Crippen molar-refractivity contribution in [3.05, 3.63) is 34.1 Å². The monoisotopic (exact) mass is 378 g/mol. The van der Waals surface area contributed by atoms with E-state index in [0.717, 1.165) is 0 Å². The van der Waals surface area contributed by atoms with Gasteiger partial charge in [-0.1, -0.05) is 0 Å². The number of hydrogen-bond acceptors (Lipinski definition) is 3. The Kier molecular flexibility index (Phi) is 5.00. The number of rotatable bonds is 3. The Morgan fingerprint density at radius 1 is 1.38 bits per heavy atom. The van der Waals surface area contributed by atoms with Crippen molar-refractivity contribution >= 4 is 31.9 Å². The molecule has 0 spiro atoms. The lowest BCUT2D eigenvalue weighted by Gasteiger charge is -2.30. The van der Waals surface area contributed by atoms with E-state index >= 15 is 0 Å². The van der Waals surface area contributed by atoms with Gasteiger partial charge < -0.3 is 5.32 Å². The summed E-state index contributed by atoms with van der Waals surface area (Å²) < 4.78 is 37.6. The molecule has 2 rings (SSSR count). The van der Waals surface area contributed by atoms with Crippen molar-refractivity contribution in [2.24, 2.45) is 0 Å². The van der Waals surface area contributed by atoms with E-state index in [9.17, 15) is 17.6 Å². The fraction of sp³-hybridized carbons (Fsp3) is 0.462. The third-order valence-electron chi connectivity index (χ3n) is 3.43. The second-order valence-corrected chi connectivity index (χ2v) is 7.87. The lowest BCUT2D eigenvalue weighted by atomic mass is 10.1. The number of carbonyl (C=O) groups is 1. The smallest absolute Gasteiger partial charge is 0.252 e. The summed E-state index contributed by atoms with van der Waals surface area (Å²) in [5.41, 5.74) is 0.363. The van der Waals surface area contributed by atoms with Gasteiger partial charge in [-0.15, -0.1) is 0 Å². The quantitative estimate of drug-likeness (QED) is 0.870. The number of benzene rings is 1. The third-order valence-corrected chi connectivity index (χ3v) is 5.39. The molecule has 21 heavy (non-hydrogen) atoms. The Morgan fingerprint density at radius 3 is 2.52 bits per heavy atom. The zero-order valence-corrected chi connectivity index (χ0v) is 13.9. The highest BCUT2D eigenvalue weighted by molar-refractivity contribution is 9.10. The molecule has 1 aromatic rings. The standard InChI is InChI=1S/C13H16BrFN2O3S/c1-21(19,20)17-6-4-10(5-7-17)16-13(18)11-3-2-9(15)8-12(11)14/h2-3,8,10H,4-7H2,1H3,(H,16,18). The Morgan fingerprint density at radius 2 is 2.00 bits per heavy atom. The van der Waals surface area contributed by atoms with Crippen LogP contribution < -0.4 is 5.32 Å². The predicted octanol–water partition coefficient (Wildman–Crippen LogP) is 1.74. The molecule has 8 heteroatoms. The van der Waals surface area contributed by atoms with Crippen LogP contribution in [-0.2, 0) is 10.0 Å². The van der Waals surface area contributed by atoms with Crippen molar-refractivity contribution in [1.29, 1.82) is 0 Å². The SMILES string of the molecule is CS(=O)(=O)N1CCC(NC(=O)c2ccc(F)cc2Br)CC1. The van der Waals surface area contributed by atoms with Gasteiger partial charge in [0.2, 0.25) is 10.0 Å². The van der Waals surface area contributed by atoms with E-state index in [1.165, 1.54) is 28.8 Å². The summed E-state index contributed by atoms with van der Waals surface area (Å²) in [6, 6.07) is 3.81. The van der Waals surface area contributed by atoms with Crippen LogP contribution in [0.1, 0.15) is 23.2 Å². The van der Waals surface area contributed by atoms with Gasteiger partial charge in [0.25, 0.3) is 5.91 Å². The molecule has 0 bridgehead atoms. The first-order chi connectivity index (χ1) is 9.77. The van der Waals surface area contributed by atoms with E-state index < -0.39 is 15.8 Å². The molecule has 1 N–H and O–H groups in total. The van der Waals surface area contributed by atoms with Crippen molar-refractivity contribution in [2.75, 3.05) is 19.3 Å². The molecule has 1 aliphatic heterocycles. The van der Waals surface area contributed by atoms with E-state index in [-0.39, 0.29) is 11.9 Å². The van der Waals surface area contributed by atoms with Crippen molar-refractivity contribution in [1.82, 2.24) is 9.62 Å². The zero-order chi connectivity index (χ0) is 15.6. The maximum atomic E-state index is 13.0. The molecule has 1 aromatic carbocycles. The van der Waals surface area contributed by atoms with E-state index in [4.69, 9.17) is 0 Å². The van der Waals surface area contributed by atoms with Gasteiger partial charge in [-0.3, -0.25) is 4.79 Å². The van der Waals surface area contributed by atoms with Gasteiger partial charge in [-0.2, -0.15) is 0 Å². The van der Waals surface area contributed by atoms with Crippen LogP contribution in [0.3, 0.4) is 0 Å². The molecule has 0 unspecified atom stereocenters. The fourth-order valence-electron chi connectivity index (χ4n) is 2.27. The molecule has 0 atom stereocenters. The van der Waals surface area contributed by atoms with E-state index in [1.54, 1.807) is 0 Å². The molecule has 0 aliphatic carbocycles. The summed E-state index contributed by atoms with van der Waals surface area (Å²) in [6.45, 7) is 0.794. The molecule has 1 fully saturated rings. The highest BCUT2D eigenvalue weighted by atomic mass is 79.9. The number of piperidine rings is 1. The van der Waals surface area contributed by atoms with Crippen LogP contribution in [0.4, 0.5) is 4.39 Å².